The van der Waals surface area contributed by atoms with E-state index in [1.165, 1.54) is 0 Å². The van der Waals surface area contributed by atoms with Crippen LogP contribution in [0.1, 0.15) is 5.56 Å². The van der Waals surface area contributed by atoms with Crippen molar-refractivity contribution in [3.8, 4) is 6.07 Å². The highest BCUT2D eigenvalue weighted by Crippen LogP contribution is 2.29. The zero-order chi connectivity index (χ0) is 12.3. The lowest BCUT2D eigenvalue weighted by Gasteiger charge is -2.09. The van der Waals surface area contributed by atoms with Crippen LogP contribution in [0.4, 0.5) is 11.5 Å². The highest BCUT2D eigenvalue weighted by Gasteiger charge is 2.08. The van der Waals surface area contributed by atoms with E-state index in [1.54, 1.807) is 12.3 Å². The van der Waals surface area contributed by atoms with Crippen LogP contribution in [0.5, 0.6) is 0 Å². The van der Waals surface area contributed by atoms with E-state index in [2.05, 4.69) is 26.2 Å². The van der Waals surface area contributed by atoms with Crippen LogP contribution in [0.3, 0.4) is 0 Å². The van der Waals surface area contributed by atoms with E-state index in [0.717, 1.165) is 10.2 Å². The van der Waals surface area contributed by atoms with E-state index in [1.807, 2.05) is 30.3 Å². The van der Waals surface area contributed by atoms with Crippen molar-refractivity contribution in [3.05, 3.63) is 51.6 Å². The summed E-state index contributed by atoms with van der Waals surface area (Å²) in [6.45, 7) is 0. The number of para-hydroxylation sites is 1. The van der Waals surface area contributed by atoms with Gasteiger partial charge in [0.05, 0.1) is 11.3 Å². The van der Waals surface area contributed by atoms with E-state index in [9.17, 15) is 0 Å². The number of halogens is 2. The Labute approximate surface area is 112 Å². The minimum absolute atomic E-state index is 0.325. The van der Waals surface area contributed by atoms with Crippen molar-refractivity contribution in [2.24, 2.45) is 0 Å². The van der Waals surface area contributed by atoms with Gasteiger partial charge in [-0.15, -0.1) is 0 Å². The first-order valence-corrected chi connectivity index (χ1v) is 5.95. The van der Waals surface area contributed by atoms with Crippen LogP contribution in [-0.4, -0.2) is 4.98 Å². The zero-order valence-corrected chi connectivity index (χ0v) is 11.0. The summed E-state index contributed by atoms with van der Waals surface area (Å²) in [5.41, 5.74) is 1.24. The van der Waals surface area contributed by atoms with Crippen molar-refractivity contribution in [1.29, 1.82) is 5.26 Å². The number of nitrogens with one attached hydrogen (secondary N) is 1. The van der Waals surface area contributed by atoms with Crippen LogP contribution in [0.2, 0.25) is 5.02 Å². The Balaban J connectivity index is 2.38. The Morgan fingerprint density at radius 3 is 2.76 bits per heavy atom. The zero-order valence-electron chi connectivity index (χ0n) is 8.61. The predicted molar refractivity (Wildman–Crippen MR) is 71.4 cm³/mol. The number of hydrogen-bond donors (Lipinski definition) is 1. The number of benzene rings is 1. The summed E-state index contributed by atoms with van der Waals surface area (Å²) in [4.78, 5) is 4.11. The predicted octanol–water partition coefficient (Wildman–Crippen LogP) is 4.11. The molecule has 1 aromatic heterocycles. The molecule has 0 saturated carbocycles. The highest BCUT2D eigenvalue weighted by atomic mass is 79.9. The summed E-state index contributed by atoms with van der Waals surface area (Å²) >= 11 is 9.46. The number of nitrogens with zero attached hydrogens (tertiary/aromatic N) is 2. The van der Waals surface area contributed by atoms with E-state index in [4.69, 9.17) is 16.9 Å². The summed E-state index contributed by atoms with van der Waals surface area (Å²) in [6.07, 6.45) is 1.55. The molecule has 1 heterocycles. The van der Waals surface area contributed by atoms with Gasteiger partial charge in [-0.1, -0.05) is 23.7 Å². The van der Waals surface area contributed by atoms with Crippen LogP contribution in [0.25, 0.3) is 0 Å². The lowest BCUT2D eigenvalue weighted by molar-refractivity contribution is 1.29. The molecule has 17 heavy (non-hydrogen) atoms. The molecular formula is C12H7BrClN3. The molecule has 0 unspecified atom stereocenters. The standard InChI is InChI=1S/C12H7BrClN3/c13-9-3-1-2-4-10(9)17-12-11(14)8(7-15)5-6-16-12/h1-6H,(H,16,17). The molecule has 2 aromatic rings. The first-order chi connectivity index (χ1) is 8.22. The van der Waals surface area contributed by atoms with Gasteiger partial charge in [-0.2, -0.15) is 5.26 Å². The minimum Gasteiger partial charge on any atom is -0.338 e. The van der Waals surface area contributed by atoms with Gasteiger partial charge in [0.25, 0.3) is 0 Å². The van der Waals surface area contributed by atoms with Crippen molar-refractivity contribution in [3.63, 3.8) is 0 Å². The first kappa shape index (κ1) is 11.9. The maximum atomic E-state index is 8.86. The second kappa shape index (κ2) is 5.17. The topological polar surface area (TPSA) is 48.7 Å². The average molecular weight is 309 g/mol. The van der Waals surface area contributed by atoms with Gasteiger partial charge in [0.2, 0.25) is 0 Å². The number of hydrogen-bond acceptors (Lipinski definition) is 3. The summed E-state index contributed by atoms with van der Waals surface area (Å²) in [6, 6.07) is 11.2. The Kier molecular flexibility index (Phi) is 3.62. The van der Waals surface area contributed by atoms with Gasteiger partial charge in [0.1, 0.15) is 11.1 Å². The molecular weight excluding hydrogens is 302 g/mol. The fourth-order valence-electron chi connectivity index (χ4n) is 1.31. The van der Waals surface area contributed by atoms with Crippen molar-refractivity contribution < 1.29 is 0 Å². The Morgan fingerprint density at radius 2 is 2.06 bits per heavy atom. The fourth-order valence-corrected chi connectivity index (χ4v) is 1.89. The van der Waals surface area contributed by atoms with Gasteiger partial charge in [0, 0.05) is 10.7 Å². The molecule has 84 valence electrons. The van der Waals surface area contributed by atoms with Crippen LogP contribution in [0, 0.1) is 11.3 Å². The van der Waals surface area contributed by atoms with E-state index in [0.29, 0.717) is 16.4 Å². The van der Waals surface area contributed by atoms with Gasteiger partial charge in [-0.25, -0.2) is 4.98 Å². The summed E-state index contributed by atoms with van der Waals surface area (Å²) in [5.74, 6) is 0.470. The Hall–Kier alpha value is -1.57. The van der Waals surface area contributed by atoms with Gasteiger partial charge in [-0.05, 0) is 34.1 Å². The quantitative estimate of drug-likeness (QED) is 0.908. The van der Waals surface area contributed by atoms with E-state index in [-0.39, 0.29) is 0 Å². The van der Waals surface area contributed by atoms with Crippen molar-refractivity contribution in [2.75, 3.05) is 5.32 Å². The van der Waals surface area contributed by atoms with E-state index >= 15 is 0 Å². The summed E-state index contributed by atoms with van der Waals surface area (Å²) in [5, 5.41) is 12.3. The number of pyridine rings is 1. The van der Waals surface area contributed by atoms with Crippen LogP contribution >= 0.6 is 27.5 Å². The molecule has 0 aliphatic rings. The fraction of sp³-hybridized carbons (Fsp3) is 0. The maximum absolute atomic E-state index is 8.86. The molecule has 0 fully saturated rings. The van der Waals surface area contributed by atoms with Gasteiger partial charge < -0.3 is 5.32 Å². The van der Waals surface area contributed by atoms with Crippen LogP contribution in [0.15, 0.2) is 41.0 Å². The Bertz CT molecular complexity index is 593. The first-order valence-electron chi connectivity index (χ1n) is 4.78. The second-order valence-corrected chi connectivity index (χ2v) is 4.47. The molecule has 0 aliphatic carbocycles. The molecule has 5 heteroatoms. The lowest BCUT2D eigenvalue weighted by Crippen LogP contribution is -1.96. The van der Waals surface area contributed by atoms with Crippen molar-refractivity contribution in [2.45, 2.75) is 0 Å². The average Bonchev–Trinajstić information content (AvgIpc) is 2.34. The third-order valence-electron chi connectivity index (χ3n) is 2.14. The third kappa shape index (κ3) is 2.57. The normalized spacial score (nSPS) is 9.71. The molecule has 0 saturated heterocycles. The molecule has 0 atom stereocenters. The highest BCUT2D eigenvalue weighted by molar-refractivity contribution is 9.10. The summed E-state index contributed by atoms with van der Waals surface area (Å²) < 4.78 is 0.903. The lowest BCUT2D eigenvalue weighted by atomic mass is 10.2. The number of anilines is 2. The molecule has 0 bridgehead atoms. The molecule has 0 amide bonds. The molecule has 0 radical (unpaired) electrons. The van der Waals surface area contributed by atoms with Crippen molar-refractivity contribution in [1.82, 2.24) is 4.98 Å². The third-order valence-corrected chi connectivity index (χ3v) is 3.21. The number of rotatable bonds is 2. The van der Waals surface area contributed by atoms with Gasteiger partial charge >= 0.3 is 0 Å². The molecule has 0 spiro atoms. The second-order valence-electron chi connectivity index (χ2n) is 3.24. The SMILES string of the molecule is N#Cc1ccnc(Nc2ccccc2Br)c1Cl. The minimum atomic E-state index is 0.325. The molecule has 1 aromatic carbocycles. The molecule has 0 aliphatic heterocycles. The molecule has 1 N–H and O–H groups in total. The maximum Gasteiger partial charge on any atom is 0.150 e. The largest absolute Gasteiger partial charge is 0.338 e. The number of nitriles is 1. The van der Waals surface area contributed by atoms with E-state index < -0.39 is 0 Å². The Morgan fingerprint density at radius 1 is 1.29 bits per heavy atom. The van der Waals surface area contributed by atoms with Gasteiger partial charge in [-0.3, -0.25) is 0 Å². The van der Waals surface area contributed by atoms with Crippen LogP contribution < -0.4 is 5.32 Å². The summed E-state index contributed by atoms with van der Waals surface area (Å²) in [7, 11) is 0. The monoisotopic (exact) mass is 307 g/mol. The molecule has 3 nitrogen and oxygen atoms in total. The molecule has 2 rings (SSSR count). The van der Waals surface area contributed by atoms with Crippen molar-refractivity contribution >= 4 is 39.0 Å². The number of aromatic nitrogens is 1. The van der Waals surface area contributed by atoms with Crippen LogP contribution in [-0.2, 0) is 0 Å². The smallest absolute Gasteiger partial charge is 0.150 e. The van der Waals surface area contributed by atoms with Gasteiger partial charge in [0.15, 0.2) is 5.82 Å².